The summed E-state index contributed by atoms with van der Waals surface area (Å²) in [6.45, 7) is 9.79. The fraction of sp³-hybridized carbons (Fsp3) is 0.481. The topological polar surface area (TPSA) is 137 Å². The van der Waals surface area contributed by atoms with Gasteiger partial charge in [-0.05, 0) is 45.8 Å². The van der Waals surface area contributed by atoms with E-state index in [0.717, 1.165) is 17.7 Å². The molecule has 1 aliphatic rings. The summed E-state index contributed by atoms with van der Waals surface area (Å²) in [4.78, 5) is 20.7. The number of allylic oxidation sites excluding steroid dienone is 5. The standard InChI is InChI=1S/C27H37BFN3O6/c1-6-8-13-30-18(4)23(20(7-2)21-11-9-10-12-22(21)29)19(5)31-14-15-32(17(3)16-31)25(33)24(26(28,34)35)27(36,37)38/h7-13,17,24,34-38H,6,14-16H2,1-5H3/b13-8+,20-7-,23-19-,30-18+. The maximum Gasteiger partial charge on any atom is 0.292 e. The predicted molar refractivity (Wildman–Crippen MR) is 144 cm³/mol. The highest BCUT2D eigenvalue weighted by Gasteiger charge is 2.52. The van der Waals surface area contributed by atoms with Gasteiger partial charge in [-0.1, -0.05) is 37.3 Å². The lowest BCUT2D eigenvalue weighted by molar-refractivity contribution is -0.367. The molecule has 1 aliphatic heterocycles. The van der Waals surface area contributed by atoms with Crippen molar-refractivity contribution < 1.29 is 34.7 Å². The molecule has 1 aromatic carbocycles. The van der Waals surface area contributed by atoms with Crippen molar-refractivity contribution in [2.45, 2.75) is 58.7 Å². The van der Waals surface area contributed by atoms with Crippen LogP contribution in [0.5, 0.6) is 0 Å². The third kappa shape index (κ3) is 7.39. The number of aliphatic hydroxyl groups is 5. The number of carbonyl (C=O) groups excluding carboxylic acids is 1. The van der Waals surface area contributed by atoms with Crippen LogP contribution in [0.15, 0.2) is 58.9 Å². The maximum atomic E-state index is 14.8. The van der Waals surface area contributed by atoms with Gasteiger partial charge in [-0.25, -0.2) is 4.39 Å². The highest BCUT2D eigenvalue weighted by molar-refractivity contribution is 6.15. The SMILES string of the molecule is [B]C(O)(O)C(C(=O)N1CCN(/C(C)=C(C(=C/C)\c2ccccc2F)/C(C)=N/C=C/CC)CC1C)C(O)(O)O. The molecule has 2 atom stereocenters. The number of hydrogen-bond acceptors (Lipinski definition) is 8. The summed E-state index contributed by atoms with van der Waals surface area (Å²) >= 11 is 0. The van der Waals surface area contributed by atoms with Crippen molar-refractivity contribution in [3.05, 3.63) is 65.3 Å². The summed E-state index contributed by atoms with van der Waals surface area (Å²) in [5.74, 6) is -7.79. The number of rotatable bonds is 9. The van der Waals surface area contributed by atoms with Gasteiger partial charge in [0.25, 0.3) is 5.97 Å². The highest BCUT2D eigenvalue weighted by Crippen LogP contribution is 2.32. The summed E-state index contributed by atoms with van der Waals surface area (Å²) in [6.07, 6.45) is 6.22. The molecule has 1 heterocycles. The molecule has 1 amide bonds. The van der Waals surface area contributed by atoms with E-state index in [1.807, 2.05) is 44.7 Å². The molecule has 2 unspecified atom stereocenters. The van der Waals surface area contributed by atoms with E-state index in [1.54, 1.807) is 31.3 Å². The first-order chi connectivity index (χ1) is 17.6. The monoisotopic (exact) mass is 529 g/mol. The number of nitrogens with zero attached hydrogens (tertiary/aromatic N) is 3. The van der Waals surface area contributed by atoms with E-state index in [-0.39, 0.29) is 25.5 Å². The normalized spacial score (nSPS) is 19.6. The van der Waals surface area contributed by atoms with E-state index >= 15 is 0 Å². The molecule has 0 bridgehead atoms. The van der Waals surface area contributed by atoms with Crippen LogP contribution in [0, 0.1) is 11.7 Å². The minimum atomic E-state index is -3.75. The average Bonchev–Trinajstić information content (AvgIpc) is 2.80. The van der Waals surface area contributed by atoms with Crippen LogP contribution < -0.4 is 0 Å². The maximum absolute atomic E-state index is 14.8. The number of halogens is 1. The number of carbonyl (C=O) groups is 1. The third-order valence-corrected chi connectivity index (χ3v) is 6.50. The molecule has 0 aromatic heterocycles. The second kappa shape index (κ2) is 12.8. The molecule has 0 saturated carbocycles. The Kier molecular flexibility index (Phi) is 10.6. The van der Waals surface area contributed by atoms with Crippen LogP contribution in [0.25, 0.3) is 5.57 Å². The van der Waals surface area contributed by atoms with Crippen LogP contribution in [0.4, 0.5) is 4.39 Å². The molecule has 1 saturated heterocycles. The second-order valence-corrected chi connectivity index (χ2v) is 9.38. The Hall–Kier alpha value is -2.83. The lowest BCUT2D eigenvalue weighted by Gasteiger charge is -2.45. The van der Waals surface area contributed by atoms with E-state index < -0.39 is 29.5 Å². The van der Waals surface area contributed by atoms with E-state index in [0.29, 0.717) is 16.8 Å². The van der Waals surface area contributed by atoms with Crippen molar-refractivity contribution in [3.8, 4) is 0 Å². The molecule has 1 aromatic rings. The minimum Gasteiger partial charge on any atom is -0.374 e. The first-order valence-electron chi connectivity index (χ1n) is 12.4. The molecule has 38 heavy (non-hydrogen) atoms. The zero-order valence-electron chi connectivity index (χ0n) is 22.5. The molecular formula is C27H37BFN3O6. The highest BCUT2D eigenvalue weighted by atomic mass is 19.1. The molecule has 206 valence electrons. The third-order valence-electron chi connectivity index (χ3n) is 6.50. The van der Waals surface area contributed by atoms with Gasteiger partial charge in [0.2, 0.25) is 5.91 Å². The number of amides is 1. The van der Waals surface area contributed by atoms with Crippen molar-refractivity contribution >= 4 is 25.0 Å². The molecule has 11 heteroatoms. The van der Waals surface area contributed by atoms with E-state index in [9.17, 15) is 34.7 Å². The van der Waals surface area contributed by atoms with Crippen LogP contribution in [-0.2, 0) is 4.79 Å². The fourth-order valence-electron chi connectivity index (χ4n) is 4.65. The molecule has 0 aliphatic carbocycles. The van der Waals surface area contributed by atoms with Gasteiger partial charge in [0.05, 0.1) is 0 Å². The Bertz CT molecular complexity index is 1110. The molecule has 5 N–H and O–H groups in total. The van der Waals surface area contributed by atoms with Crippen LogP contribution in [0.3, 0.4) is 0 Å². The Morgan fingerprint density at radius 2 is 1.84 bits per heavy atom. The minimum absolute atomic E-state index is 0.0457. The van der Waals surface area contributed by atoms with Gasteiger partial charge >= 0.3 is 0 Å². The lowest BCUT2D eigenvalue weighted by Crippen LogP contribution is -2.63. The van der Waals surface area contributed by atoms with Crippen molar-refractivity contribution in [3.63, 3.8) is 0 Å². The predicted octanol–water partition coefficient (Wildman–Crippen LogP) is 1.47. The van der Waals surface area contributed by atoms with E-state index in [2.05, 4.69) is 4.99 Å². The number of benzene rings is 1. The molecule has 9 nitrogen and oxygen atoms in total. The molecule has 2 rings (SSSR count). The summed E-state index contributed by atoms with van der Waals surface area (Å²) in [7, 11) is 5.14. The van der Waals surface area contributed by atoms with Gasteiger partial charge in [0.15, 0.2) is 13.8 Å². The zero-order valence-corrected chi connectivity index (χ0v) is 22.5. The Morgan fingerprint density at radius 1 is 1.21 bits per heavy atom. The second-order valence-electron chi connectivity index (χ2n) is 9.38. The van der Waals surface area contributed by atoms with Crippen molar-refractivity contribution in [1.82, 2.24) is 9.80 Å². The Morgan fingerprint density at radius 3 is 2.34 bits per heavy atom. The first-order valence-corrected chi connectivity index (χ1v) is 12.4. The molecule has 2 radical (unpaired) electrons. The van der Waals surface area contributed by atoms with Crippen molar-refractivity contribution in [2.75, 3.05) is 19.6 Å². The number of aliphatic imine (C=N–C) groups is 1. The summed E-state index contributed by atoms with van der Waals surface area (Å²) in [5, 5.41) is 48.1. The van der Waals surface area contributed by atoms with Crippen LogP contribution in [-0.4, -0.2) is 92.1 Å². The van der Waals surface area contributed by atoms with Gasteiger partial charge in [0.1, 0.15) is 11.5 Å². The van der Waals surface area contributed by atoms with Crippen LogP contribution in [0.1, 0.15) is 46.6 Å². The van der Waals surface area contributed by atoms with Gasteiger partial charge < -0.3 is 35.3 Å². The van der Waals surface area contributed by atoms with Gasteiger partial charge in [0, 0.05) is 54.4 Å². The average molecular weight is 529 g/mol. The fourth-order valence-corrected chi connectivity index (χ4v) is 4.65. The molecule has 1 fully saturated rings. The largest absolute Gasteiger partial charge is 0.374 e. The van der Waals surface area contributed by atoms with Gasteiger partial charge in [-0.2, -0.15) is 0 Å². The quantitative estimate of drug-likeness (QED) is 0.141. The summed E-state index contributed by atoms with van der Waals surface area (Å²) in [6, 6.07) is 5.90. The van der Waals surface area contributed by atoms with Gasteiger partial charge in [-0.15, -0.1) is 0 Å². The Balaban J connectivity index is 2.50. The van der Waals surface area contributed by atoms with E-state index in [4.69, 9.17) is 7.85 Å². The first kappa shape index (κ1) is 31.4. The van der Waals surface area contributed by atoms with Crippen LogP contribution >= 0.6 is 0 Å². The van der Waals surface area contributed by atoms with E-state index in [1.165, 1.54) is 11.0 Å². The van der Waals surface area contributed by atoms with Crippen molar-refractivity contribution in [2.24, 2.45) is 10.9 Å². The molecule has 0 spiro atoms. The van der Waals surface area contributed by atoms with Crippen molar-refractivity contribution in [1.29, 1.82) is 0 Å². The number of piperazine rings is 1. The van der Waals surface area contributed by atoms with Crippen LogP contribution in [0.2, 0.25) is 0 Å². The number of hydrogen-bond donors (Lipinski definition) is 5. The Labute approximate surface area is 224 Å². The smallest absolute Gasteiger partial charge is 0.292 e. The zero-order chi connectivity index (χ0) is 28.8. The summed E-state index contributed by atoms with van der Waals surface area (Å²) < 4.78 is 14.8. The lowest BCUT2D eigenvalue weighted by atomic mass is 9.79. The van der Waals surface area contributed by atoms with Gasteiger partial charge in [-0.3, -0.25) is 9.79 Å². The molecular weight excluding hydrogens is 492 g/mol. The summed E-state index contributed by atoms with van der Waals surface area (Å²) in [5.41, 5.74) is -0.157.